The van der Waals surface area contributed by atoms with E-state index in [0.29, 0.717) is 6.54 Å². The van der Waals surface area contributed by atoms with Crippen LogP contribution in [0.3, 0.4) is 0 Å². The Balaban J connectivity index is 1.72. The molecule has 2 amide bonds. The van der Waals surface area contributed by atoms with Crippen molar-refractivity contribution in [3.63, 3.8) is 0 Å². The summed E-state index contributed by atoms with van der Waals surface area (Å²) >= 11 is 6.03. The van der Waals surface area contributed by atoms with Crippen LogP contribution in [-0.4, -0.2) is 55.2 Å². The number of hydrogen-bond acceptors (Lipinski definition) is 4. The Bertz CT molecular complexity index is 476. The quantitative estimate of drug-likeness (QED) is 0.485. The highest BCUT2D eigenvalue weighted by Crippen LogP contribution is 2.20. The molecule has 7 heteroatoms. The first-order valence-electron chi connectivity index (χ1n) is 7.11. The van der Waals surface area contributed by atoms with E-state index in [1.165, 1.54) is 5.69 Å². The lowest BCUT2D eigenvalue weighted by Crippen LogP contribution is -2.48. The normalized spacial score (nSPS) is 16.0. The highest BCUT2D eigenvalue weighted by molar-refractivity contribution is 6.30. The first kappa shape index (κ1) is 15.9. The number of urea groups is 1. The summed E-state index contributed by atoms with van der Waals surface area (Å²) in [5, 5.41) is 1.83. The van der Waals surface area contributed by atoms with E-state index in [1.807, 2.05) is 18.2 Å². The maximum Gasteiger partial charge on any atom is 0.328 e. The zero-order chi connectivity index (χ0) is 15.2. The van der Waals surface area contributed by atoms with Crippen molar-refractivity contribution in [2.45, 2.75) is 6.42 Å². The Kier molecular flexibility index (Phi) is 5.67. The van der Waals surface area contributed by atoms with Gasteiger partial charge in [0.05, 0.1) is 0 Å². The van der Waals surface area contributed by atoms with Crippen LogP contribution >= 0.6 is 11.6 Å². The molecule has 21 heavy (non-hydrogen) atoms. The predicted molar refractivity (Wildman–Crippen MR) is 85.2 cm³/mol. The zero-order valence-electron chi connectivity index (χ0n) is 12.0. The molecule has 1 aromatic rings. The second kappa shape index (κ2) is 7.49. The van der Waals surface area contributed by atoms with Crippen molar-refractivity contribution in [3.05, 3.63) is 29.3 Å². The van der Waals surface area contributed by atoms with E-state index in [9.17, 15) is 4.79 Å². The van der Waals surface area contributed by atoms with Gasteiger partial charge in [0.25, 0.3) is 0 Å². The van der Waals surface area contributed by atoms with Crippen molar-refractivity contribution >= 4 is 23.3 Å². The molecule has 1 fully saturated rings. The third-order valence-electron chi connectivity index (χ3n) is 3.70. The number of piperazine rings is 1. The van der Waals surface area contributed by atoms with Crippen molar-refractivity contribution in [3.8, 4) is 0 Å². The summed E-state index contributed by atoms with van der Waals surface area (Å²) in [6.45, 7) is 5.35. The summed E-state index contributed by atoms with van der Waals surface area (Å²) < 4.78 is 0. The monoisotopic (exact) mass is 311 g/mol. The molecule has 1 aliphatic heterocycles. The van der Waals surface area contributed by atoms with Crippen molar-refractivity contribution in [2.24, 2.45) is 11.6 Å². The van der Waals surface area contributed by atoms with E-state index in [1.54, 1.807) is 0 Å². The number of hydrogen-bond donors (Lipinski definition) is 2. The average molecular weight is 312 g/mol. The molecule has 0 aromatic heterocycles. The van der Waals surface area contributed by atoms with E-state index in [2.05, 4.69) is 15.9 Å². The molecule has 0 radical (unpaired) electrons. The molecule has 0 bridgehead atoms. The number of halogens is 1. The fourth-order valence-electron chi connectivity index (χ4n) is 2.48. The molecule has 6 nitrogen and oxygen atoms in total. The second-order valence-corrected chi connectivity index (χ2v) is 5.63. The van der Waals surface area contributed by atoms with Gasteiger partial charge in [-0.25, -0.2) is 10.6 Å². The van der Waals surface area contributed by atoms with Gasteiger partial charge in [-0.05, 0) is 24.6 Å². The summed E-state index contributed by atoms with van der Waals surface area (Å²) in [7, 11) is 0. The summed E-state index contributed by atoms with van der Waals surface area (Å²) in [6, 6.07) is 7.36. The van der Waals surface area contributed by atoms with Gasteiger partial charge >= 0.3 is 6.03 Å². The van der Waals surface area contributed by atoms with E-state index in [4.69, 9.17) is 23.2 Å². The van der Waals surface area contributed by atoms with Crippen LogP contribution in [0.25, 0.3) is 0 Å². The molecule has 2 rings (SSSR count). The molecular weight excluding hydrogens is 290 g/mol. The standard InChI is InChI=1S/C14H22ClN5O/c15-12-3-1-4-13(11-12)19-9-7-18(8-10-19)5-2-6-20(17)14(16)21/h1,3-4,11H,2,5-10,17H2,(H2,16,21). The van der Waals surface area contributed by atoms with Crippen molar-refractivity contribution in [1.82, 2.24) is 9.91 Å². The molecule has 1 heterocycles. The highest BCUT2D eigenvalue weighted by atomic mass is 35.5. The van der Waals surface area contributed by atoms with Crippen LogP contribution in [0, 0.1) is 0 Å². The third kappa shape index (κ3) is 4.77. The number of carbonyl (C=O) groups is 1. The fourth-order valence-corrected chi connectivity index (χ4v) is 2.66. The Morgan fingerprint density at radius 3 is 2.62 bits per heavy atom. The van der Waals surface area contributed by atoms with Crippen LogP contribution in [0.1, 0.15) is 6.42 Å². The maximum atomic E-state index is 10.8. The van der Waals surface area contributed by atoms with Crippen LogP contribution in [0.2, 0.25) is 5.02 Å². The molecular formula is C14H22ClN5O. The average Bonchev–Trinajstić information content (AvgIpc) is 2.47. The minimum Gasteiger partial charge on any atom is -0.369 e. The highest BCUT2D eigenvalue weighted by Gasteiger charge is 2.17. The minimum absolute atomic E-state index is 0.490. The van der Waals surface area contributed by atoms with Crippen LogP contribution < -0.4 is 16.5 Å². The van der Waals surface area contributed by atoms with Gasteiger partial charge in [-0.3, -0.25) is 9.91 Å². The first-order valence-corrected chi connectivity index (χ1v) is 7.48. The Hall–Kier alpha value is -1.50. The smallest absolute Gasteiger partial charge is 0.328 e. The van der Waals surface area contributed by atoms with Gasteiger partial charge in [-0.15, -0.1) is 0 Å². The van der Waals surface area contributed by atoms with E-state index in [0.717, 1.165) is 49.2 Å². The lowest BCUT2D eigenvalue weighted by molar-refractivity contribution is 0.199. The van der Waals surface area contributed by atoms with Crippen molar-refractivity contribution in [2.75, 3.05) is 44.2 Å². The molecule has 0 unspecified atom stereocenters. The number of nitrogens with zero attached hydrogens (tertiary/aromatic N) is 3. The van der Waals surface area contributed by atoms with Crippen molar-refractivity contribution in [1.29, 1.82) is 0 Å². The Labute approximate surface area is 130 Å². The van der Waals surface area contributed by atoms with Crippen LogP contribution in [0.4, 0.5) is 10.5 Å². The molecule has 116 valence electrons. The largest absolute Gasteiger partial charge is 0.369 e. The van der Waals surface area contributed by atoms with Crippen LogP contribution in [0.5, 0.6) is 0 Å². The molecule has 0 atom stereocenters. The van der Waals surface area contributed by atoms with Gasteiger partial charge in [-0.2, -0.15) is 0 Å². The molecule has 0 saturated carbocycles. The van der Waals surface area contributed by atoms with Gasteiger partial charge in [0.2, 0.25) is 0 Å². The fraction of sp³-hybridized carbons (Fsp3) is 0.500. The SMILES string of the molecule is NC(=O)N(N)CCCN1CCN(c2cccc(Cl)c2)CC1. The third-order valence-corrected chi connectivity index (χ3v) is 3.94. The number of rotatable bonds is 5. The lowest BCUT2D eigenvalue weighted by atomic mass is 10.2. The number of amides is 2. The number of carbonyl (C=O) groups excluding carboxylic acids is 1. The van der Waals surface area contributed by atoms with Crippen LogP contribution in [-0.2, 0) is 0 Å². The number of benzene rings is 1. The van der Waals surface area contributed by atoms with Gasteiger partial charge in [-0.1, -0.05) is 17.7 Å². The maximum absolute atomic E-state index is 10.8. The topological polar surface area (TPSA) is 78.8 Å². The first-order chi connectivity index (χ1) is 10.1. The predicted octanol–water partition coefficient (Wildman–Crippen LogP) is 1.11. The van der Waals surface area contributed by atoms with Gasteiger partial charge < -0.3 is 10.6 Å². The van der Waals surface area contributed by atoms with Crippen LogP contribution in [0.15, 0.2) is 24.3 Å². The summed E-state index contributed by atoms with van der Waals surface area (Å²) in [5.41, 5.74) is 6.25. The van der Waals surface area contributed by atoms with Gasteiger partial charge in [0.1, 0.15) is 0 Å². The zero-order valence-corrected chi connectivity index (χ0v) is 12.8. The Morgan fingerprint density at radius 2 is 2.00 bits per heavy atom. The van der Waals surface area contributed by atoms with Gasteiger partial charge in [0, 0.05) is 50.0 Å². The summed E-state index contributed by atoms with van der Waals surface area (Å²) in [5.74, 6) is 5.46. The Morgan fingerprint density at radius 1 is 1.29 bits per heavy atom. The molecule has 0 aliphatic carbocycles. The van der Waals surface area contributed by atoms with E-state index in [-0.39, 0.29) is 0 Å². The number of primary amides is 1. The molecule has 1 aliphatic rings. The number of hydrazine groups is 1. The molecule has 1 aromatic carbocycles. The molecule has 4 N–H and O–H groups in total. The van der Waals surface area contributed by atoms with E-state index >= 15 is 0 Å². The number of anilines is 1. The van der Waals surface area contributed by atoms with Gasteiger partial charge in [0.15, 0.2) is 0 Å². The minimum atomic E-state index is -0.583. The lowest BCUT2D eigenvalue weighted by Gasteiger charge is -2.36. The summed E-state index contributed by atoms with van der Waals surface area (Å²) in [4.78, 5) is 15.5. The number of nitrogens with two attached hydrogens (primary N) is 2. The second-order valence-electron chi connectivity index (χ2n) is 5.19. The summed E-state index contributed by atoms with van der Waals surface area (Å²) in [6.07, 6.45) is 0.830. The molecule has 0 spiro atoms. The van der Waals surface area contributed by atoms with E-state index < -0.39 is 6.03 Å². The van der Waals surface area contributed by atoms with Crippen molar-refractivity contribution < 1.29 is 4.79 Å². The molecule has 1 saturated heterocycles.